The molecule has 2 aromatic carbocycles. The Hall–Kier alpha value is -3.14. The SMILES string of the molecule is CCNC(=NCc1coc(-c2ccccc2)n1)NCc1nccn1CCCc1ccccc1.I. The molecule has 0 fully saturated rings. The van der Waals surface area contributed by atoms with E-state index in [2.05, 4.69) is 60.5 Å². The number of halogens is 1. The third-order valence-electron chi connectivity index (χ3n) is 5.24. The molecule has 7 nitrogen and oxygen atoms in total. The third-order valence-corrected chi connectivity index (χ3v) is 5.24. The molecule has 0 radical (unpaired) electrons. The fourth-order valence-corrected chi connectivity index (χ4v) is 3.57. The number of nitrogens with zero attached hydrogens (tertiary/aromatic N) is 4. The van der Waals surface area contributed by atoms with Gasteiger partial charge in [0.05, 0.1) is 13.1 Å². The smallest absolute Gasteiger partial charge is 0.226 e. The second-order valence-corrected chi connectivity index (χ2v) is 7.68. The lowest BCUT2D eigenvalue weighted by Crippen LogP contribution is -2.37. The second-order valence-electron chi connectivity index (χ2n) is 7.68. The van der Waals surface area contributed by atoms with Gasteiger partial charge >= 0.3 is 0 Å². The van der Waals surface area contributed by atoms with Gasteiger partial charge in [0.2, 0.25) is 5.89 Å². The first-order valence-corrected chi connectivity index (χ1v) is 11.4. The second kappa shape index (κ2) is 13.5. The Morgan fingerprint density at radius 1 is 1.03 bits per heavy atom. The van der Waals surface area contributed by atoms with E-state index in [-0.39, 0.29) is 24.0 Å². The van der Waals surface area contributed by atoms with E-state index in [9.17, 15) is 0 Å². The zero-order valence-electron chi connectivity index (χ0n) is 19.4. The molecule has 2 aromatic heterocycles. The molecule has 178 valence electrons. The first-order chi connectivity index (χ1) is 16.3. The van der Waals surface area contributed by atoms with E-state index >= 15 is 0 Å². The van der Waals surface area contributed by atoms with Gasteiger partial charge in [0.1, 0.15) is 17.8 Å². The number of aromatic nitrogens is 3. The van der Waals surface area contributed by atoms with Crippen LogP contribution in [0.25, 0.3) is 11.5 Å². The summed E-state index contributed by atoms with van der Waals surface area (Å²) in [6.45, 7) is 4.77. The van der Waals surface area contributed by atoms with Crippen LogP contribution in [0, 0.1) is 0 Å². The third kappa shape index (κ3) is 7.44. The number of aliphatic imine (C=N–C) groups is 1. The van der Waals surface area contributed by atoms with Crippen molar-refractivity contribution in [3.05, 3.63) is 96.4 Å². The van der Waals surface area contributed by atoms with Gasteiger partial charge in [0.25, 0.3) is 0 Å². The van der Waals surface area contributed by atoms with E-state index in [0.29, 0.717) is 19.0 Å². The van der Waals surface area contributed by atoms with Crippen LogP contribution in [-0.4, -0.2) is 27.0 Å². The van der Waals surface area contributed by atoms with Crippen LogP contribution in [0.2, 0.25) is 0 Å². The topological polar surface area (TPSA) is 80.3 Å². The standard InChI is InChI=1S/C26H30N6O.HI/c1-2-27-26(29-18-23-20-33-25(31-23)22-13-7-4-8-14-22)30-19-24-28-15-17-32(24)16-9-12-21-10-5-3-6-11-21;/h3-8,10-11,13-15,17,20H,2,9,12,16,18-19H2,1H3,(H2,27,29,30);1H. The van der Waals surface area contributed by atoms with Crippen molar-refractivity contribution in [2.45, 2.75) is 39.4 Å². The van der Waals surface area contributed by atoms with Crippen LogP contribution in [0.5, 0.6) is 0 Å². The van der Waals surface area contributed by atoms with Crippen molar-refractivity contribution in [2.24, 2.45) is 4.99 Å². The number of nitrogens with one attached hydrogen (secondary N) is 2. The molecule has 0 unspecified atom stereocenters. The van der Waals surface area contributed by atoms with Crippen LogP contribution in [0.3, 0.4) is 0 Å². The predicted molar refractivity (Wildman–Crippen MR) is 146 cm³/mol. The molecule has 4 aromatic rings. The van der Waals surface area contributed by atoms with Crippen LogP contribution in [0.1, 0.15) is 30.4 Å². The lowest BCUT2D eigenvalue weighted by atomic mass is 10.1. The quantitative estimate of drug-likeness (QED) is 0.159. The van der Waals surface area contributed by atoms with Crippen molar-refractivity contribution in [2.75, 3.05) is 6.54 Å². The molecular weight excluding hydrogens is 539 g/mol. The summed E-state index contributed by atoms with van der Waals surface area (Å²) < 4.78 is 7.81. The van der Waals surface area contributed by atoms with E-state index in [1.54, 1.807) is 6.26 Å². The fourth-order valence-electron chi connectivity index (χ4n) is 3.57. The average Bonchev–Trinajstić information content (AvgIpc) is 3.52. The van der Waals surface area contributed by atoms with Gasteiger partial charge in [-0.15, -0.1) is 24.0 Å². The van der Waals surface area contributed by atoms with Crippen molar-refractivity contribution in [3.8, 4) is 11.5 Å². The highest BCUT2D eigenvalue weighted by atomic mass is 127. The van der Waals surface area contributed by atoms with Crippen LogP contribution in [0.4, 0.5) is 0 Å². The minimum absolute atomic E-state index is 0. The highest BCUT2D eigenvalue weighted by Crippen LogP contribution is 2.18. The maximum absolute atomic E-state index is 5.61. The largest absolute Gasteiger partial charge is 0.444 e. The molecule has 0 amide bonds. The minimum atomic E-state index is 0. The van der Waals surface area contributed by atoms with Gasteiger partial charge in [-0.2, -0.15) is 0 Å². The Morgan fingerprint density at radius 3 is 2.56 bits per heavy atom. The Morgan fingerprint density at radius 2 is 1.79 bits per heavy atom. The molecule has 0 aliphatic rings. The highest BCUT2D eigenvalue weighted by molar-refractivity contribution is 14.0. The lowest BCUT2D eigenvalue weighted by Gasteiger charge is -2.12. The predicted octanol–water partition coefficient (Wildman–Crippen LogP) is 5.04. The van der Waals surface area contributed by atoms with Gasteiger partial charge in [0, 0.05) is 31.0 Å². The van der Waals surface area contributed by atoms with E-state index in [0.717, 1.165) is 49.0 Å². The van der Waals surface area contributed by atoms with Gasteiger partial charge in [0.15, 0.2) is 5.96 Å². The number of guanidine groups is 1. The number of hydrogen-bond donors (Lipinski definition) is 2. The number of benzene rings is 2. The molecule has 34 heavy (non-hydrogen) atoms. The maximum Gasteiger partial charge on any atom is 0.226 e. The molecule has 8 heteroatoms. The van der Waals surface area contributed by atoms with Crippen LogP contribution in [-0.2, 0) is 26.1 Å². The van der Waals surface area contributed by atoms with E-state index < -0.39 is 0 Å². The number of oxazole rings is 1. The van der Waals surface area contributed by atoms with Crippen molar-refractivity contribution < 1.29 is 4.42 Å². The van der Waals surface area contributed by atoms with E-state index in [1.807, 2.05) is 49.6 Å². The van der Waals surface area contributed by atoms with Crippen molar-refractivity contribution in [1.82, 2.24) is 25.2 Å². The number of hydrogen-bond acceptors (Lipinski definition) is 4. The zero-order chi connectivity index (χ0) is 22.7. The van der Waals surface area contributed by atoms with Crippen LogP contribution >= 0.6 is 24.0 Å². The minimum Gasteiger partial charge on any atom is -0.444 e. The Balaban J connectivity index is 0.00000324. The summed E-state index contributed by atoms with van der Waals surface area (Å²) in [7, 11) is 0. The summed E-state index contributed by atoms with van der Waals surface area (Å²) in [6, 6.07) is 20.4. The summed E-state index contributed by atoms with van der Waals surface area (Å²) in [6.07, 6.45) is 7.67. The molecule has 2 N–H and O–H groups in total. The normalized spacial score (nSPS) is 11.1. The first kappa shape index (κ1) is 25.5. The van der Waals surface area contributed by atoms with Crippen molar-refractivity contribution in [3.63, 3.8) is 0 Å². The molecule has 4 rings (SSSR count). The summed E-state index contributed by atoms with van der Waals surface area (Å²) in [5, 5.41) is 6.66. The molecule has 0 saturated heterocycles. The van der Waals surface area contributed by atoms with Gasteiger partial charge in [-0.3, -0.25) is 0 Å². The Kier molecular flexibility index (Phi) is 10.1. The van der Waals surface area contributed by atoms with Gasteiger partial charge < -0.3 is 19.6 Å². The number of aryl methyl sites for hydroxylation is 2. The summed E-state index contributed by atoms with van der Waals surface area (Å²) in [5.74, 6) is 2.32. The first-order valence-electron chi connectivity index (χ1n) is 11.4. The van der Waals surface area contributed by atoms with Crippen molar-refractivity contribution in [1.29, 1.82) is 0 Å². The molecule has 0 aliphatic heterocycles. The Labute approximate surface area is 217 Å². The molecule has 0 bridgehead atoms. The lowest BCUT2D eigenvalue weighted by molar-refractivity contribution is 0.572. The van der Waals surface area contributed by atoms with Gasteiger partial charge in [-0.1, -0.05) is 48.5 Å². The van der Waals surface area contributed by atoms with Crippen LogP contribution in [0.15, 0.2) is 88.7 Å². The Bertz CT molecular complexity index is 1140. The summed E-state index contributed by atoms with van der Waals surface area (Å²) >= 11 is 0. The molecule has 2 heterocycles. The molecule has 0 atom stereocenters. The van der Waals surface area contributed by atoms with E-state index in [4.69, 9.17) is 4.42 Å². The number of imidazole rings is 1. The average molecular weight is 570 g/mol. The molecular formula is C26H31IN6O. The number of rotatable bonds is 10. The monoisotopic (exact) mass is 570 g/mol. The fraction of sp³-hybridized carbons (Fsp3) is 0.269. The van der Waals surface area contributed by atoms with Gasteiger partial charge in [-0.05, 0) is 37.5 Å². The maximum atomic E-state index is 5.61. The van der Waals surface area contributed by atoms with Crippen LogP contribution < -0.4 is 10.6 Å². The van der Waals surface area contributed by atoms with E-state index in [1.165, 1.54) is 5.56 Å². The molecule has 0 saturated carbocycles. The summed E-state index contributed by atoms with van der Waals surface area (Å²) in [4.78, 5) is 13.7. The highest BCUT2D eigenvalue weighted by Gasteiger charge is 2.08. The molecule has 0 aliphatic carbocycles. The zero-order valence-corrected chi connectivity index (χ0v) is 21.7. The molecule has 0 spiro atoms. The van der Waals surface area contributed by atoms with Crippen molar-refractivity contribution >= 4 is 29.9 Å². The summed E-state index contributed by atoms with van der Waals surface area (Å²) in [5.41, 5.74) is 3.10. The van der Waals surface area contributed by atoms with Gasteiger partial charge in [-0.25, -0.2) is 15.0 Å².